The Kier molecular flexibility index (Phi) is 4.15. The number of thioether (sulfide) groups is 1. The standard InChI is InChI=1S/C11H15FN2OS/c1-13-11(10-7-16-3-2-15-10)8-4-9(12)6-14-5-8/h4-6,10-11,13H,2-3,7H2,1H3. The van der Waals surface area contributed by atoms with Crippen LogP contribution in [0, 0.1) is 5.82 Å². The van der Waals surface area contributed by atoms with Gasteiger partial charge in [-0.15, -0.1) is 0 Å². The van der Waals surface area contributed by atoms with Crippen molar-refractivity contribution in [1.29, 1.82) is 0 Å². The quantitative estimate of drug-likeness (QED) is 0.873. The van der Waals surface area contributed by atoms with Gasteiger partial charge in [0.05, 0.1) is 24.9 Å². The highest BCUT2D eigenvalue weighted by atomic mass is 32.2. The van der Waals surface area contributed by atoms with Crippen molar-refractivity contribution in [2.45, 2.75) is 12.1 Å². The first-order chi connectivity index (χ1) is 7.81. The van der Waals surface area contributed by atoms with E-state index in [9.17, 15) is 4.39 Å². The van der Waals surface area contributed by atoms with Gasteiger partial charge in [0.25, 0.3) is 0 Å². The molecule has 1 aliphatic heterocycles. The van der Waals surface area contributed by atoms with Crippen LogP contribution >= 0.6 is 11.8 Å². The van der Waals surface area contributed by atoms with E-state index in [0.717, 1.165) is 23.7 Å². The molecule has 0 amide bonds. The number of nitrogens with one attached hydrogen (secondary N) is 1. The highest BCUT2D eigenvalue weighted by molar-refractivity contribution is 7.99. The third-order valence-corrected chi connectivity index (χ3v) is 3.63. The normalized spacial score (nSPS) is 23.0. The Morgan fingerprint density at radius 3 is 3.12 bits per heavy atom. The lowest BCUT2D eigenvalue weighted by molar-refractivity contribution is 0.0487. The molecule has 1 saturated heterocycles. The van der Waals surface area contributed by atoms with Crippen molar-refractivity contribution >= 4 is 11.8 Å². The molecule has 88 valence electrons. The fourth-order valence-electron chi connectivity index (χ4n) is 1.86. The highest BCUT2D eigenvalue weighted by Gasteiger charge is 2.25. The van der Waals surface area contributed by atoms with Crippen molar-refractivity contribution in [2.75, 3.05) is 25.2 Å². The number of ether oxygens (including phenoxy) is 1. The lowest BCUT2D eigenvalue weighted by atomic mass is 10.0. The fourth-order valence-corrected chi connectivity index (χ4v) is 2.77. The van der Waals surface area contributed by atoms with Crippen LogP contribution in [0.5, 0.6) is 0 Å². The number of likely N-dealkylation sites (N-methyl/N-ethyl adjacent to an activating group) is 1. The molecule has 1 N–H and O–H groups in total. The summed E-state index contributed by atoms with van der Waals surface area (Å²) in [5, 5.41) is 3.17. The highest BCUT2D eigenvalue weighted by Crippen LogP contribution is 2.25. The summed E-state index contributed by atoms with van der Waals surface area (Å²) in [5.74, 6) is 1.66. The van der Waals surface area contributed by atoms with Crippen molar-refractivity contribution < 1.29 is 9.13 Å². The third-order valence-electron chi connectivity index (χ3n) is 2.61. The molecule has 16 heavy (non-hydrogen) atoms. The van der Waals surface area contributed by atoms with Gasteiger partial charge in [-0.05, 0) is 18.7 Å². The van der Waals surface area contributed by atoms with Crippen LogP contribution in [0.15, 0.2) is 18.5 Å². The van der Waals surface area contributed by atoms with Gasteiger partial charge < -0.3 is 10.1 Å². The molecule has 0 aliphatic carbocycles. The second-order valence-corrected chi connectivity index (χ2v) is 4.84. The second-order valence-electron chi connectivity index (χ2n) is 3.69. The van der Waals surface area contributed by atoms with Crippen molar-refractivity contribution in [3.63, 3.8) is 0 Å². The smallest absolute Gasteiger partial charge is 0.141 e. The molecule has 1 fully saturated rings. The monoisotopic (exact) mass is 242 g/mol. The molecule has 0 radical (unpaired) electrons. The van der Waals surface area contributed by atoms with Crippen LogP contribution in [0.25, 0.3) is 0 Å². The van der Waals surface area contributed by atoms with Crippen molar-refractivity contribution in [3.8, 4) is 0 Å². The topological polar surface area (TPSA) is 34.2 Å². The molecule has 1 aliphatic rings. The molecule has 3 nitrogen and oxygen atoms in total. The summed E-state index contributed by atoms with van der Waals surface area (Å²) in [4.78, 5) is 3.87. The third kappa shape index (κ3) is 2.72. The molecule has 2 heterocycles. The van der Waals surface area contributed by atoms with Gasteiger partial charge in [0.2, 0.25) is 0 Å². The van der Waals surface area contributed by atoms with E-state index >= 15 is 0 Å². The minimum Gasteiger partial charge on any atom is -0.375 e. The van der Waals surface area contributed by atoms with Crippen LogP contribution < -0.4 is 5.32 Å². The zero-order valence-corrected chi connectivity index (χ0v) is 9.97. The number of aromatic nitrogens is 1. The van der Waals surface area contributed by atoms with E-state index < -0.39 is 0 Å². The van der Waals surface area contributed by atoms with E-state index in [2.05, 4.69) is 10.3 Å². The summed E-state index contributed by atoms with van der Waals surface area (Å²) in [6, 6.07) is 1.52. The maximum absolute atomic E-state index is 13.1. The van der Waals surface area contributed by atoms with Crippen molar-refractivity contribution in [1.82, 2.24) is 10.3 Å². The SMILES string of the molecule is CNC(c1cncc(F)c1)C1CSCCO1. The van der Waals surface area contributed by atoms with Crippen molar-refractivity contribution in [3.05, 3.63) is 29.8 Å². The van der Waals surface area contributed by atoms with E-state index in [-0.39, 0.29) is 18.0 Å². The Balaban J connectivity index is 2.14. The minimum absolute atomic E-state index is 0.0102. The summed E-state index contributed by atoms with van der Waals surface area (Å²) in [5.41, 5.74) is 0.843. The van der Waals surface area contributed by atoms with Gasteiger partial charge in [0, 0.05) is 17.7 Å². The Morgan fingerprint density at radius 1 is 1.62 bits per heavy atom. The number of hydrogen-bond donors (Lipinski definition) is 1. The number of rotatable bonds is 3. The fraction of sp³-hybridized carbons (Fsp3) is 0.545. The van der Waals surface area contributed by atoms with Crippen LogP contribution in [0.2, 0.25) is 0 Å². The summed E-state index contributed by atoms with van der Waals surface area (Å²) in [7, 11) is 1.86. The summed E-state index contributed by atoms with van der Waals surface area (Å²) in [6.07, 6.45) is 2.99. The average molecular weight is 242 g/mol. The molecule has 0 spiro atoms. The summed E-state index contributed by atoms with van der Waals surface area (Å²) < 4.78 is 18.8. The Bertz CT molecular complexity index is 345. The first kappa shape index (κ1) is 11.8. The lowest BCUT2D eigenvalue weighted by Crippen LogP contribution is -2.36. The van der Waals surface area contributed by atoms with Gasteiger partial charge in [0.15, 0.2) is 0 Å². The van der Waals surface area contributed by atoms with Gasteiger partial charge in [-0.2, -0.15) is 11.8 Å². The van der Waals surface area contributed by atoms with Crippen LogP contribution in [-0.4, -0.2) is 36.2 Å². The molecular formula is C11H15FN2OS. The Morgan fingerprint density at radius 2 is 2.50 bits per heavy atom. The van der Waals surface area contributed by atoms with E-state index in [4.69, 9.17) is 4.74 Å². The zero-order chi connectivity index (χ0) is 11.4. The molecule has 2 rings (SSSR count). The average Bonchev–Trinajstić information content (AvgIpc) is 2.31. The molecule has 0 aromatic carbocycles. The first-order valence-electron chi connectivity index (χ1n) is 5.28. The van der Waals surface area contributed by atoms with Crippen LogP contribution in [0.3, 0.4) is 0 Å². The van der Waals surface area contributed by atoms with E-state index in [0.29, 0.717) is 0 Å². The van der Waals surface area contributed by atoms with Gasteiger partial charge >= 0.3 is 0 Å². The molecule has 1 aromatic heterocycles. The van der Waals surface area contributed by atoms with Gasteiger partial charge in [0.1, 0.15) is 5.82 Å². The van der Waals surface area contributed by atoms with Crippen LogP contribution in [0.4, 0.5) is 4.39 Å². The van der Waals surface area contributed by atoms with Crippen LogP contribution in [0.1, 0.15) is 11.6 Å². The van der Waals surface area contributed by atoms with Gasteiger partial charge in [-0.1, -0.05) is 0 Å². The Hall–Kier alpha value is -0.650. The number of halogens is 1. The van der Waals surface area contributed by atoms with Gasteiger partial charge in [-0.3, -0.25) is 4.98 Å². The molecule has 1 aromatic rings. The first-order valence-corrected chi connectivity index (χ1v) is 6.44. The summed E-state index contributed by atoms with van der Waals surface area (Å²) in [6.45, 7) is 0.760. The summed E-state index contributed by atoms with van der Waals surface area (Å²) >= 11 is 1.87. The zero-order valence-electron chi connectivity index (χ0n) is 9.15. The largest absolute Gasteiger partial charge is 0.375 e. The van der Waals surface area contributed by atoms with E-state index in [1.165, 1.54) is 12.3 Å². The lowest BCUT2D eigenvalue weighted by Gasteiger charge is -2.30. The molecule has 0 bridgehead atoms. The maximum Gasteiger partial charge on any atom is 0.141 e. The van der Waals surface area contributed by atoms with Crippen molar-refractivity contribution in [2.24, 2.45) is 0 Å². The predicted octanol–water partition coefficient (Wildman–Crippen LogP) is 1.61. The number of nitrogens with zero attached hydrogens (tertiary/aromatic N) is 1. The molecule has 2 atom stereocenters. The second kappa shape index (κ2) is 5.61. The predicted molar refractivity (Wildman–Crippen MR) is 63.1 cm³/mol. The minimum atomic E-state index is -0.304. The number of hydrogen-bond acceptors (Lipinski definition) is 4. The maximum atomic E-state index is 13.1. The molecule has 5 heteroatoms. The Labute approximate surface area is 98.8 Å². The van der Waals surface area contributed by atoms with Gasteiger partial charge in [-0.25, -0.2) is 4.39 Å². The van der Waals surface area contributed by atoms with E-state index in [1.807, 2.05) is 18.8 Å². The van der Waals surface area contributed by atoms with E-state index in [1.54, 1.807) is 6.20 Å². The number of pyridine rings is 1. The van der Waals surface area contributed by atoms with Crippen LogP contribution in [-0.2, 0) is 4.74 Å². The molecule has 0 saturated carbocycles. The molecular weight excluding hydrogens is 227 g/mol. The molecule has 2 unspecified atom stereocenters.